The largest absolute Gasteiger partial charge is 0.337 e. The highest BCUT2D eigenvalue weighted by Gasteiger charge is 2.31. The molecule has 0 aromatic carbocycles. The first-order chi connectivity index (χ1) is 8.10. The predicted octanol–water partition coefficient (Wildman–Crippen LogP) is 0.497. The van der Waals surface area contributed by atoms with Gasteiger partial charge in [-0.05, 0) is 6.92 Å². The van der Waals surface area contributed by atoms with Crippen LogP contribution >= 0.6 is 11.6 Å². The van der Waals surface area contributed by atoms with E-state index in [1.54, 1.807) is 11.0 Å². The second-order valence-electron chi connectivity index (χ2n) is 3.62. The predicted molar refractivity (Wildman–Crippen MR) is 67.8 cm³/mol. The first-order valence-electron chi connectivity index (χ1n) is 5.25. The van der Waals surface area contributed by atoms with Crippen LogP contribution in [0.4, 0.5) is 11.5 Å². The molecule has 0 spiro atoms. The molecule has 1 aromatic heterocycles. The molecule has 2 N–H and O–H groups in total. The van der Waals surface area contributed by atoms with Gasteiger partial charge >= 0.3 is 5.69 Å². The second kappa shape index (κ2) is 4.29. The lowest BCUT2D eigenvalue weighted by Crippen LogP contribution is -2.35. The molecule has 0 saturated carbocycles. The molecule has 0 fully saturated rings. The lowest BCUT2D eigenvalue weighted by Gasteiger charge is -2.18. The van der Waals surface area contributed by atoms with E-state index in [1.807, 2.05) is 6.92 Å². The number of nitrogens with one attached hydrogen (secondary N) is 2. The minimum Gasteiger partial charge on any atom is -0.337 e. The number of anilines is 2. The molecule has 6 nitrogen and oxygen atoms in total. The van der Waals surface area contributed by atoms with Crippen LogP contribution in [0, 0.1) is 0 Å². The van der Waals surface area contributed by atoms with Gasteiger partial charge < -0.3 is 10.2 Å². The van der Waals surface area contributed by atoms with Gasteiger partial charge in [0.05, 0.1) is 0 Å². The molecule has 2 heterocycles. The van der Waals surface area contributed by atoms with Gasteiger partial charge in [0.15, 0.2) is 5.62 Å². The van der Waals surface area contributed by atoms with Crippen molar-refractivity contribution < 1.29 is 0 Å². The Morgan fingerprint density at radius 3 is 2.82 bits per heavy atom. The lowest BCUT2D eigenvalue weighted by molar-refractivity contribution is 0.706. The highest BCUT2D eigenvalue weighted by atomic mass is 35.5. The second-order valence-corrected chi connectivity index (χ2v) is 4.04. The molecule has 1 aliphatic heterocycles. The number of hydrogen-bond acceptors (Lipinski definition) is 4. The van der Waals surface area contributed by atoms with E-state index in [2.05, 4.69) is 16.9 Å². The normalized spacial score (nSPS) is 17.8. The Kier molecular flexibility index (Phi) is 2.97. The van der Waals surface area contributed by atoms with Crippen molar-refractivity contribution >= 4 is 23.1 Å². The first kappa shape index (κ1) is 11.8. The van der Waals surface area contributed by atoms with Crippen molar-refractivity contribution in [2.75, 3.05) is 16.8 Å². The molecule has 0 bridgehead atoms. The van der Waals surface area contributed by atoms with Gasteiger partial charge in [0, 0.05) is 13.1 Å². The highest BCUT2D eigenvalue weighted by molar-refractivity contribution is 6.24. The molecule has 1 aliphatic rings. The molecule has 1 atom stereocenters. The lowest BCUT2D eigenvalue weighted by atomic mass is 10.4. The molecule has 0 amide bonds. The molecular weight excluding hydrogens is 244 g/mol. The van der Waals surface area contributed by atoms with Crippen LogP contribution < -0.4 is 21.5 Å². The molecule has 0 radical (unpaired) electrons. The van der Waals surface area contributed by atoms with Gasteiger partial charge in [-0.3, -0.25) is 14.3 Å². The minimum atomic E-state index is -0.552. The van der Waals surface area contributed by atoms with E-state index in [-0.39, 0.29) is 0 Å². The van der Waals surface area contributed by atoms with Crippen LogP contribution in [0.5, 0.6) is 0 Å². The van der Waals surface area contributed by atoms with E-state index in [0.717, 1.165) is 0 Å². The quantitative estimate of drug-likeness (QED) is 0.469. The van der Waals surface area contributed by atoms with Gasteiger partial charge in [-0.25, -0.2) is 4.79 Å². The summed E-state index contributed by atoms with van der Waals surface area (Å²) in [6.07, 6.45) is 1.65. The summed E-state index contributed by atoms with van der Waals surface area (Å²) >= 11 is 6.07. The topological polar surface area (TPSA) is 70.1 Å². The van der Waals surface area contributed by atoms with Crippen LogP contribution in [0.2, 0.25) is 0 Å². The Hall–Kier alpha value is -1.69. The summed E-state index contributed by atoms with van der Waals surface area (Å²) in [6, 6.07) is 0. The Bertz CT molecular complexity index is 562. The zero-order chi connectivity index (χ0) is 12.6. The molecular formula is C10H13ClN4O2. The van der Waals surface area contributed by atoms with Gasteiger partial charge in [-0.2, -0.15) is 0 Å². The number of halogens is 1. The SMILES string of the molecule is C=CCN1c2c(n(CC)c(=O)[nH]c2=O)NC1Cl. The number of fused-ring (bicyclic) bond motifs is 1. The summed E-state index contributed by atoms with van der Waals surface area (Å²) in [5.41, 5.74) is -1.05. The molecule has 7 heteroatoms. The first-order valence-corrected chi connectivity index (χ1v) is 5.69. The maximum Gasteiger partial charge on any atom is 0.330 e. The third-order valence-electron chi connectivity index (χ3n) is 2.63. The van der Waals surface area contributed by atoms with Crippen molar-refractivity contribution in [3.8, 4) is 0 Å². The fourth-order valence-electron chi connectivity index (χ4n) is 1.90. The number of nitrogens with zero attached hydrogens (tertiary/aromatic N) is 2. The van der Waals surface area contributed by atoms with Crippen molar-refractivity contribution in [1.29, 1.82) is 0 Å². The van der Waals surface area contributed by atoms with Gasteiger partial charge in [-0.1, -0.05) is 17.7 Å². The van der Waals surface area contributed by atoms with Crippen LogP contribution in [0.3, 0.4) is 0 Å². The number of H-pyrrole nitrogens is 1. The van der Waals surface area contributed by atoms with Crippen molar-refractivity contribution in [3.63, 3.8) is 0 Å². The van der Waals surface area contributed by atoms with Gasteiger partial charge in [0.25, 0.3) is 5.56 Å². The molecule has 0 saturated heterocycles. The average molecular weight is 257 g/mol. The fourth-order valence-corrected chi connectivity index (χ4v) is 2.18. The molecule has 0 aliphatic carbocycles. The number of hydrogen-bond donors (Lipinski definition) is 2. The standard InChI is InChI=1S/C10H13ClN4O2/c1-3-5-15-6-7(12-9(15)11)14(4-2)10(17)13-8(6)16/h3,9,12H,1,4-5H2,2H3,(H,13,16,17). The maximum atomic E-state index is 11.8. The Morgan fingerprint density at radius 1 is 1.53 bits per heavy atom. The maximum absolute atomic E-state index is 11.8. The smallest absolute Gasteiger partial charge is 0.330 e. The van der Waals surface area contributed by atoms with Crippen molar-refractivity contribution in [2.45, 2.75) is 19.1 Å². The molecule has 1 aromatic rings. The Balaban J connectivity index is 2.67. The van der Waals surface area contributed by atoms with E-state index in [9.17, 15) is 9.59 Å². The zero-order valence-electron chi connectivity index (χ0n) is 9.36. The summed E-state index contributed by atoms with van der Waals surface area (Å²) in [4.78, 5) is 27.3. The summed E-state index contributed by atoms with van der Waals surface area (Å²) in [6.45, 7) is 6.32. The number of rotatable bonds is 3. The van der Waals surface area contributed by atoms with Gasteiger partial charge in [0.2, 0.25) is 0 Å². The highest BCUT2D eigenvalue weighted by Crippen LogP contribution is 2.31. The summed E-state index contributed by atoms with van der Waals surface area (Å²) in [7, 11) is 0. The van der Waals surface area contributed by atoms with Crippen molar-refractivity contribution in [3.05, 3.63) is 33.5 Å². The third-order valence-corrected chi connectivity index (χ3v) is 2.98. The number of aromatic nitrogens is 2. The number of aromatic amines is 1. The van der Waals surface area contributed by atoms with Gasteiger partial charge in [-0.15, -0.1) is 6.58 Å². The van der Waals surface area contributed by atoms with E-state index in [4.69, 9.17) is 11.6 Å². The van der Waals surface area contributed by atoms with Gasteiger partial charge in [0.1, 0.15) is 11.5 Å². The van der Waals surface area contributed by atoms with E-state index >= 15 is 0 Å². The van der Waals surface area contributed by atoms with Crippen LogP contribution in [-0.2, 0) is 6.54 Å². The van der Waals surface area contributed by atoms with E-state index in [0.29, 0.717) is 24.6 Å². The van der Waals surface area contributed by atoms with Crippen LogP contribution in [0.15, 0.2) is 22.2 Å². The molecule has 1 unspecified atom stereocenters. The van der Waals surface area contributed by atoms with Crippen molar-refractivity contribution in [1.82, 2.24) is 9.55 Å². The number of alkyl halides is 1. The Morgan fingerprint density at radius 2 is 2.24 bits per heavy atom. The third kappa shape index (κ3) is 1.74. The molecule has 17 heavy (non-hydrogen) atoms. The average Bonchev–Trinajstić information content (AvgIpc) is 2.57. The van der Waals surface area contributed by atoms with E-state index in [1.165, 1.54) is 4.57 Å². The fraction of sp³-hybridized carbons (Fsp3) is 0.400. The molecule has 92 valence electrons. The van der Waals surface area contributed by atoms with Crippen LogP contribution in [0.25, 0.3) is 0 Å². The van der Waals surface area contributed by atoms with Crippen LogP contribution in [0.1, 0.15) is 6.92 Å². The Labute approximate surface area is 103 Å². The van der Waals surface area contributed by atoms with Crippen molar-refractivity contribution in [2.24, 2.45) is 0 Å². The monoisotopic (exact) mass is 256 g/mol. The zero-order valence-corrected chi connectivity index (χ0v) is 10.1. The summed E-state index contributed by atoms with van der Waals surface area (Å²) < 4.78 is 1.44. The summed E-state index contributed by atoms with van der Waals surface area (Å²) in [5.74, 6) is 0.461. The summed E-state index contributed by atoms with van der Waals surface area (Å²) in [5, 5.41) is 2.92. The van der Waals surface area contributed by atoms with Crippen LogP contribution in [-0.4, -0.2) is 21.7 Å². The van der Waals surface area contributed by atoms with E-state index < -0.39 is 16.9 Å². The molecule has 2 rings (SSSR count). The minimum absolute atomic E-state index is 0.381.